The van der Waals surface area contributed by atoms with Crippen molar-refractivity contribution < 1.29 is 4.79 Å². The maximum Gasteiger partial charge on any atom is 0.162 e. The predicted molar refractivity (Wildman–Crippen MR) is 106 cm³/mol. The molecule has 0 saturated carbocycles. The lowest BCUT2D eigenvalue weighted by Gasteiger charge is -2.24. The van der Waals surface area contributed by atoms with Gasteiger partial charge in [0.15, 0.2) is 5.78 Å². The van der Waals surface area contributed by atoms with Gasteiger partial charge in [-0.2, -0.15) is 0 Å². The summed E-state index contributed by atoms with van der Waals surface area (Å²) in [6.07, 6.45) is 2.90. The summed E-state index contributed by atoms with van der Waals surface area (Å²) in [6.45, 7) is 5.17. The first-order chi connectivity index (χ1) is 12.0. The van der Waals surface area contributed by atoms with E-state index >= 15 is 0 Å². The van der Waals surface area contributed by atoms with Gasteiger partial charge in [0.2, 0.25) is 0 Å². The third kappa shape index (κ3) is 3.88. The fourth-order valence-electron chi connectivity index (χ4n) is 3.34. The molecule has 0 N–H and O–H groups in total. The Kier molecular flexibility index (Phi) is 5.45. The van der Waals surface area contributed by atoms with Crippen molar-refractivity contribution in [3.63, 3.8) is 0 Å². The summed E-state index contributed by atoms with van der Waals surface area (Å²) in [7, 11) is 4.21. The Bertz CT molecular complexity index is 823. The Hall–Kier alpha value is -1.84. The average Bonchev–Trinajstić information content (AvgIpc) is 2.59. The molecule has 0 fully saturated rings. The van der Waals surface area contributed by atoms with Crippen molar-refractivity contribution in [1.29, 1.82) is 0 Å². The average molecular weight is 352 g/mol. The van der Waals surface area contributed by atoms with Gasteiger partial charge in [-0.3, -0.25) is 4.79 Å². The number of hydrogen-bond acceptors (Lipinski definition) is 3. The summed E-state index contributed by atoms with van der Waals surface area (Å²) < 4.78 is 0. The maximum atomic E-state index is 12.2. The molecule has 130 valence electrons. The van der Waals surface area contributed by atoms with Gasteiger partial charge in [0, 0.05) is 28.3 Å². The number of ketones is 1. The molecule has 1 aliphatic heterocycles. The molecule has 2 aromatic rings. The van der Waals surface area contributed by atoms with Crippen LogP contribution in [0.25, 0.3) is 5.57 Å². The standard InChI is InChI=1S/C22H25NOS/c1-5-20(24)16-10-11-22-19(13-16)18(12-15(2)14-23(3)4)17-8-6-7-9-21(17)25-22/h6-13,15H,5,14H2,1-4H3/b18-12-. The van der Waals surface area contributed by atoms with Gasteiger partial charge in [0.05, 0.1) is 0 Å². The predicted octanol–water partition coefficient (Wildman–Crippen LogP) is 5.37. The molecule has 0 bridgehead atoms. The number of carbonyl (C=O) groups excluding carboxylic acids is 1. The Labute approximate surface area is 154 Å². The van der Waals surface area contributed by atoms with Crippen LogP contribution in [0.2, 0.25) is 0 Å². The van der Waals surface area contributed by atoms with Gasteiger partial charge < -0.3 is 4.90 Å². The van der Waals surface area contributed by atoms with E-state index in [1.54, 1.807) is 11.8 Å². The lowest BCUT2D eigenvalue weighted by molar-refractivity contribution is 0.0988. The largest absolute Gasteiger partial charge is 0.309 e. The minimum absolute atomic E-state index is 0.201. The number of rotatable bonds is 5. The summed E-state index contributed by atoms with van der Waals surface area (Å²) in [5.41, 5.74) is 4.53. The van der Waals surface area contributed by atoms with E-state index in [4.69, 9.17) is 0 Å². The second-order valence-corrected chi connectivity index (χ2v) is 7.99. The highest BCUT2D eigenvalue weighted by Gasteiger charge is 2.22. The van der Waals surface area contributed by atoms with E-state index in [9.17, 15) is 4.79 Å². The van der Waals surface area contributed by atoms with Crippen LogP contribution in [0.15, 0.2) is 58.3 Å². The molecule has 1 aliphatic rings. The lowest BCUT2D eigenvalue weighted by Crippen LogP contribution is -2.19. The minimum Gasteiger partial charge on any atom is -0.309 e. The van der Waals surface area contributed by atoms with E-state index in [2.05, 4.69) is 68.4 Å². The lowest BCUT2D eigenvalue weighted by atomic mass is 9.91. The van der Waals surface area contributed by atoms with Crippen molar-refractivity contribution >= 4 is 23.1 Å². The van der Waals surface area contributed by atoms with Crippen LogP contribution in [0.5, 0.6) is 0 Å². The molecule has 1 unspecified atom stereocenters. The van der Waals surface area contributed by atoms with E-state index in [1.165, 1.54) is 26.5 Å². The number of Topliss-reactive ketones (excluding diaryl/α,β-unsaturated/α-hetero) is 1. The molecule has 3 heteroatoms. The summed E-state index contributed by atoms with van der Waals surface area (Å²) in [6, 6.07) is 14.7. The van der Waals surface area contributed by atoms with Crippen LogP contribution in [-0.4, -0.2) is 31.3 Å². The van der Waals surface area contributed by atoms with Gasteiger partial charge in [0.1, 0.15) is 0 Å². The van der Waals surface area contributed by atoms with Gasteiger partial charge in [-0.05, 0) is 54.9 Å². The van der Waals surface area contributed by atoms with E-state index in [-0.39, 0.29) is 5.78 Å². The van der Waals surface area contributed by atoms with E-state index in [0.29, 0.717) is 12.3 Å². The molecule has 1 heterocycles. The molecule has 0 saturated heterocycles. The summed E-state index contributed by atoms with van der Waals surface area (Å²) in [4.78, 5) is 16.9. The quantitative estimate of drug-likeness (QED) is 0.576. The third-order valence-corrected chi connectivity index (χ3v) is 5.57. The highest BCUT2D eigenvalue weighted by atomic mass is 32.2. The summed E-state index contributed by atoms with van der Waals surface area (Å²) >= 11 is 1.79. The number of nitrogens with zero attached hydrogens (tertiary/aromatic N) is 1. The minimum atomic E-state index is 0.201. The third-order valence-electron chi connectivity index (χ3n) is 4.41. The maximum absolute atomic E-state index is 12.2. The first-order valence-electron chi connectivity index (χ1n) is 8.81. The Morgan fingerprint density at radius 3 is 2.56 bits per heavy atom. The van der Waals surface area contributed by atoms with Crippen molar-refractivity contribution in [1.82, 2.24) is 4.90 Å². The Morgan fingerprint density at radius 2 is 1.84 bits per heavy atom. The molecule has 2 aromatic carbocycles. The molecule has 0 amide bonds. The second kappa shape index (κ2) is 7.59. The summed E-state index contributed by atoms with van der Waals surface area (Å²) in [5, 5.41) is 0. The number of benzene rings is 2. The van der Waals surface area contributed by atoms with Gasteiger partial charge in [-0.25, -0.2) is 0 Å². The zero-order chi connectivity index (χ0) is 18.0. The van der Waals surface area contributed by atoms with Crippen molar-refractivity contribution in [2.45, 2.75) is 30.1 Å². The van der Waals surface area contributed by atoms with Crippen molar-refractivity contribution in [3.05, 3.63) is 65.2 Å². The molecule has 0 aliphatic carbocycles. The smallest absolute Gasteiger partial charge is 0.162 e. The van der Waals surface area contributed by atoms with Gasteiger partial charge >= 0.3 is 0 Å². The highest BCUT2D eigenvalue weighted by molar-refractivity contribution is 7.99. The van der Waals surface area contributed by atoms with Gasteiger partial charge in [-0.1, -0.05) is 56.0 Å². The van der Waals surface area contributed by atoms with Crippen molar-refractivity contribution in [3.8, 4) is 0 Å². The molecule has 0 radical (unpaired) electrons. The second-order valence-electron chi connectivity index (χ2n) is 6.91. The van der Waals surface area contributed by atoms with Crippen LogP contribution < -0.4 is 0 Å². The SMILES string of the molecule is CCC(=O)c1ccc2c(c1)/C(=C\C(C)CN(C)C)c1ccccc1S2. The van der Waals surface area contributed by atoms with Gasteiger partial charge in [0.25, 0.3) is 0 Å². The molecule has 25 heavy (non-hydrogen) atoms. The van der Waals surface area contributed by atoms with Crippen molar-refractivity contribution in [2.75, 3.05) is 20.6 Å². The van der Waals surface area contributed by atoms with E-state index in [1.807, 2.05) is 13.0 Å². The van der Waals surface area contributed by atoms with E-state index < -0.39 is 0 Å². The monoisotopic (exact) mass is 351 g/mol. The molecule has 0 aromatic heterocycles. The number of hydrogen-bond donors (Lipinski definition) is 0. The highest BCUT2D eigenvalue weighted by Crippen LogP contribution is 2.46. The van der Waals surface area contributed by atoms with E-state index in [0.717, 1.165) is 12.1 Å². The molecule has 0 spiro atoms. The van der Waals surface area contributed by atoms with Crippen molar-refractivity contribution in [2.24, 2.45) is 5.92 Å². The zero-order valence-electron chi connectivity index (χ0n) is 15.4. The van der Waals surface area contributed by atoms with Crippen LogP contribution in [0, 0.1) is 5.92 Å². The molecular weight excluding hydrogens is 326 g/mol. The first-order valence-corrected chi connectivity index (χ1v) is 9.62. The topological polar surface area (TPSA) is 20.3 Å². The molecular formula is C22H25NOS. The fraction of sp³-hybridized carbons (Fsp3) is 0.318. The zero-order valence-corrected chi connectivity index (χ0v) is 16.2. The molecule has 3 rings (SSSR count). The van der Waals surface area contributed by atoms with Gasteiger partial charge in [-0.15, -0.1) is 0 Å². The Balaban J connectivity index is 2.12. The van der Waals surface area contributed by atoms with Crippen LogP contribution in [0.4, 0.5) is 0 Å². The van der Waals surface area contributed by atoms with Crippen LogP contribution in [0.3, 0.4) is 0 Å². The van der Waals surface area contributed by atoms with Crippen LogP contribution in [-0.2, 0) is 0 Å². The number of fused-ring (bicyclic) bond motifs is 2. The molecule has 2 nitrogen and oxygen atoms in total. The normalized spacial score (nSPS) is 15.8. The van der Waals surface area contributed by atoms with Crippen LogP contribution in [0.1, 0.15) is 41.8 Å². The molecule has 1 atom stereocenters. The fourth-order valence-corrected chi connectivity index (χ4v) is 4.43. The Morgan fingerprint density at radius 1 is 1.12 bits per heavy atom. The first kappa shape index (κ1) is 18.0. The van der Waals surface area contributed by atoms with Crippen LogP contribution >= 0.6 is 11.8 Å². The summed E-state index contributed by atoms with van der Waals surface area (Å²) in [5.74, 6) is 0.631. The number of carbonyl (C=O) groups is 1.